The molecule has 0 atom stereocenters. The fraction of sp³-hybridized carbons (Fsp3) is 0.211. The highest BCUT2D eigenvalue weighted by Gasteiger charge is 2.08. The maximum absolute atomic E-state index is 12.1. The Morgan fingerprint density at radius 2 is 1.56 bits per heavy atom. The molecule has 2 rings (SSSR count). The molecule has 0 radical (unpaired) electrons. The number of anilines is 2. The first-order chi connectivity index (χ1) is 13.0. The van der Waals surface area contributed by atoms with Crippen molar-refractivity contribution >= 4 is 29.2 Å². The van der Waals surface area contributed by atoms with Crippen LogP contribution in [0.4, 0.5) is 16.2 Å². The van der Waals surface area contributed by atoms with Gasteiger partial charge in [0, 0.05) is 31.3 Å². The molecular formula is C19H22N4O4. The Bertz CT molecular complexity index is 806. The Morgan fingerprint density at radius 1 is 0.889 bits per heavy atom. The molecule has 0 saturated heterocycles. The number of methoxy groups -OCH3 is 1. The quantitative estimate of drug-likeness (QED) is 0.560. The molecule has 0 aliphatic carbocycles. The van der Waals surface area contributed by atoms with Crippen molar-refractivity contribution < 1.29 is 19.1 Å². The highest BCUT2D eigenvalue weighted by Crippen LogP contribution is 2.23. The van der Waals surface area contributed by atoms with Crippen LogP contribution in [0.1, 0.15) is 17.3 Å². The van der Waals surface area contributed by atoms with Gasteiger partial charge in [-0.2, -0.15) is 0 Å². The van der Waals surface area contributed by atoms with Crippen LogP contribution in [0.3, 0.4) is 0 Å². The smallest absolute Gasteiger partial charge is 0.323 e. The van der Waals surface area contributed by atoms with Crippen LogP contribution in [-0.4, -0.2) is 38.0 Å². The minimum Gasteiger partial charge on any atom is -0.495 e. The molecule has 0 spiro atoms. The van der Waals surface area contributed by atoms with Crippen molar-refractivity contribution in [2.24, 2.45) is 0 Å². The van der Waals surface area contributed by atoms with Crippen LogP contribution in [0.2, 0.25) is 0 Å². The van der Waals surface area contributed by atoms with Crippen LogP contribution in [0.5, 0.6) is 5.75 Å². The zero-order chi connectivity index (χ0) is 19.6. The fourth-order valence-electron chi connectivity index (χ4n) is 2.25. The highest BCUT2D eigenvalue weighted by molar-refractivity contribution is 6.01. The average molecular weight is 370 g/mol. The van der Waals surface area contributed by atoms with E-state index in [1.54, 1.807) is 42.5 Å². The number of amides is 4. The monoisotopic (exact) mass is 370 g/mol. The highest BCUT2D eigenvalue weighted by atomic mass is 16.5. The van der Waals surface area contributed by atoms with Crippen molar-refractivity contribution in [2.75, 3.05) is 30.8 Å². The Kier molecular flexibility index (Phi) is 7.18. The van der Waals surface area contributed by atoms with Crippen LogP contribution in [0.15, 0.2) is 48.5 Å². The molecule has 142 valence electrons. The number of urea groups is 1. The van der Waals surface area contributed by atoms with Gasteiger partial charge in [-0.15, -0.1) is 0 Å². The molecule has 0 unspecified atom stereocenters. The molecule has 0 aliphatic rings. The van der Waals surface area contributed by atoms with Crippen LogP contribution >= 0.6 is 0 Å². The molecular weight excluding hydrogens is 348 g/mol. The Labute approximate surface area is 157 Å². The predicted molar refractivity (Wildman–Crippen MR) is 103 cm³/mol. The van der Waals surface area contributed by atoms with Crippen molar-refractivity contribution in [3.05, 3.63) is 54.1 Å². The fourth-order valence-corrected chi connectivity index (χ4v) is 2.25. The minimum absolute atomic E-state index is 0.147. The first-order valence-corrected chi connectivity index (χ1v) is 8.33. The number of hydrogen-bond donors (Lipinski definition) is 4. The van der Waals surface area contributed by atoms with Gasteiger partial charge in [0.15, 0.2) is 0 Å². The van der Waals surface area contributed by atoms with Gasteiger partial charge in [-0.25, -0.2) is 4.79 Å². The second-order valence-corrected chi connectivity index (χ2v) is 5.60. The van der Waals surface area contributed by atoms with Crippen LogP contribution in [-0.2, 0) is 4.79 Å². The van der Waals surface area contributed by atoms with E-state index in [4.69, 9.17) is 4.74 Å². The zero-order valence-corrected chi connectivity index (χ0v) is 15.2. The van der Waals surface area contributed by atoms with Gasteiger partial charge in [-0.3, -0.25) is 9.59 Å². The molecule has 0 aromatic heterocycles. The lowest BCUT2D eigenvalue weighted by Crippen LogP contribution is -2.33. The third kappa shape index (κ3) is 6.35. The van der Waals surface area contributed by atoms with Gasteiger partial charge >= 0.3 is 6.03 Å². The maximum atomic E-state index is 12.1. The van der Waals surface area contributed by atoms with E-state index >= 15 is 0 Å². The summed E-state index contributed by atoms with van der Waals surface area (Å²) in [4.78, 5) is 34.9. The van der Waals surface area contributed by atoms with Crippen molar-refractivity contribution in [1.82, 2.24) is 10.6 Å². The Hall–Kier alpha value is -3.55. The molecule has 4 amide bonds. The topological polar surface area (TPSA) is 109 Å². The second kappa shape index (κ2) is 9.81. The molecule has 2 aromatic carbocycles. The molecule has 0 aliphatic heterocycles. The molecule has 0 heterocycles. The summed E-state index contributed by atoms with van der Waals surface area (Å²) >= 11 is 0. The SMILES string of the molecule is COc1ccccc1NC(=O)Nc1ccc(C(=O)NCCNC(C)=O)cc1. The Balaban J connectivity index is 1.86. The van der Waals surface area contributed by atoms with Crippen LogP contribution in [0, 0.1) is 0 Å². The van der Waals surface area contributed by atoms with Gasteiger partial charge in [-0.1, -0.05) is 12.1 Å². The van der Waals surface area contributed by atoms with E-state index in [9.17, 15) is 14.4 Å². The third-order valence-electron chi connectivity index (χ3n) is 3.54. The molecule has 0 fully saturated rings. The normalized spacial score (nSPS) is 9.85. The summed E-state index contributed by atoms with van der Waals surface area (Å²) in [5.74, 6) is 0.149. The molecule has 8 heteroatoms. The number of nitrogens with one attached hydrogen (secondary N) is 4. The second-order valence-electron chi connectivity index (χ2n) is 5.60. The van der Waals surface area contributed by atoms with E-state index in [0.717, 1.165) is 0 Å². The summed E-state index contributed by atoms with van der Waals surface area (Å²) in [5, 5.41) is 10.7. The summed E-state index contributed by atoms with van der Waals surface area (Å²) < 4.78 is 5.18. The summed E-state index contributed by atoms with van der Waals surface area (Å²) in [6.45, 7) is 2.11. The summed E-state index contributed by atoms with van der Waals surface area (Å²) in [6.07, 6.45) is 0. The number of hydrogen-bond acceptors (Lipinski definition) is 4. The molecule has 0 saturated carbocycles. The minimum atomic E-state index is -0.424. The number of rotatable bonds is 7. The number of carbonyl (C=O) groups is 3. The first-order valence-electron chi connectivity index (χ1n) is 8.33. The van der Waals surface area contributed by atoms with Gasteiger partial charge < -0.3 is 26.0 Å². The van der Waals surface area contributed by atoms with Crippen molar-refractivity contribution in [2.45, 2.75) is 6.92 Å². The first kappa shape index (κ1) is 19.8. The Morgan fingerprint density at radius 3 is 2.22 bits per heavy atom. The van der Waals surface area contributed by atoms with E-state index < -0.39 is 6.03 Å². The lowest BCUT2D eigenvalue weighted by Gasteiger charge is -2.11. The number of benzene rings is 2. The van der Waals surface area contributed by atoms with E-state index in [0.29, 0.717) is 35.8 Å². The van der Waals surface area contributed by atoms with E-state index in [1.165, 1.54) is 14.0 Å². The van der Waals surface area contributed by atoms with Crippen LogP contribution in [0.25, 0.3) is 0 Å². The molecule has 2 aromatic rings. The van der Waals surface area contributed by atoms with E-state index in [-0.39, 0.29) is 11.8 Å². The standard InChI is InChI=1S/C19H22N4O4/c1-13(24)20-11-12-21-18(25)14-7-9-15(10-8-14)22-19(26)23-16-5-3-4-6-17(16)27-2/h3-10H,11-12H2,1-2H3,(H,20,24)(H,21,25)(H2,22,23,26). The van der Waals surface area contributed by atoms with Gasteiger partial charge in [0.2, 0.25) is 5.91 Å². The van der Waals surface area contributed by atoms with Gasteiger partial charge in [0.25, 0.3) is 5.91 Å². The largest absolute Gasteiger partial charge is 0.495 e. The molecule has 0 bridgehead atoms. The summed E-state index contributed by atoms with van der Waals surface area (Å²) in [5.41, 5.74) is 1.54. The van der Waals surface area contributed by atoms with Gasteiger partial charge in [0.1, 0.15) is 5.75 Å². The summed E-state index contributed by atoms with van der Waals surface area (Å²) in [6, 6.07) is 13.1. The maximum Gasteiger partial charge on any atom is 0.323 e. The van der Waals surface area contributed by atoms with Crippen molar-refractivity contribution in [3.8, 4) is 5.75 Å². The van der Waals surface area contributed by atoms with E-state index in [1.807, 2.05) is 6.07 Å². The van der Waals surface area contributed by atoms with Gasteiger partial charge in [-0.05, 0) is 36.4 Å². The lowest BCUT2D eigenvalue weighted by molar-refractivity contribution is -0.118. The molecule has 4 N–H and O–H groups in total. The number of para-hydroxylation sites is 2. The van der Waals surface area contributed by atoms with Crippen LogP contribution < -0.4 is 26.0 Å². The van der Waals surface area contributed by atoms with Gasteiger partial charge in [0.05, 0.1) is 12.8 Å². The van der Waals surface area contributed by atoms with E-state index in [2.05, 4.69) is 21.3 Å². The number of ether oxygens (including phenoxy) is 1. The molecule has 27 heavy (non-hydrogen) atoms. The van der Waals surface area contributed by atoms with Crippen molar-refractivity contribution in [1.29, 1.82) is 0 Å². The van der Waals surface area contributed by atoms with Crippen molar-refractivity contribution in [3.63, 3.8) is 0 Å². The number of carbonyl (C=O) groups excluding carboxylic acids is 3. The third-order valence-corrected chi connectivity index (χ3v) is 3.54. The average Bonchev–Trinajstić information content (AvgIpc) is 2.66. The lowest BCUT2D eigenvalue weighted by atomic mass is 10.2. The zero-order valence-electron chi connectivity index (χ0n) is 15.2. The molecule has 8 nitrogen and oxygen atoms in total. The summed E-state index contributed by atoms with van der Waals surface area (Å²) in [7, 11) is 1.53. The predicted octanol–water partition coefficient (Wildman–Crippen LogP) is 2.21.